The molecule has 0 heterocycles. The summed E-state index contributed by atoms with van der Waals surface area (Å²) < 4.78 is 36.6. The van der Waals surface area contributed by atoms with Crippen LogP contribution in [0.15, 0.2) is 48.5 Å². The van der Waals surface area contributed by atoms with Gasteiger partial charge in [-0.15, -0.1) is 0 Å². The molecule has 2 aromatic rings. The van der Waals surface area contributed by atoms with Gasteiger partial charge in [0, 0.05) is 12.1 Å². The molecular weight excluding hydrogens is 302 g/mol. The summed E-state index contributed by atoms with van der Waals surface area (Å²) in [5.74, 6) is -1.49. The lowest BCUT2D eigenvalue weighted by Crippen LogP contribution is -2.00. The van der Waals surface area contributed by atoms with Gasteiger partial charge in [-0.2, -0.15) is 0 Å². The van der Waals surface area contributed by atoms with Crippen molar-refractivity contribution in [3.63, 3.8) is 0 Å². The van der Waals surface area contributed by atoms with Crippen LogP contribution in [0.2, 0.25) is 0 Å². The highest BCUT2D eigenvalue weighted by Crippen LogP contribution is 2.26. The molecule has 0 bridgehead atoms. The normalized spacial score (nSPS) is 11.2. The molecule has 2 aromatic carbocycles. The van der Waals surface area contributed by atoms with E-state index in [1.54, 1.807) is 38.1 Å². The lowest BCUT2D eigenvalue weighted by molar-refractivity contribution is -0.137. The Labute approximate surface area is 133 Å². The Hall–Kier alpha value is -2.69. The first kappa shape index (κ1) is 16.7. The van der Waals surface area contributed by atoms with Gasteiger partial charge in [-0.1, -0.05) is 12.1 Å². The second kappa shape index (κ2) is 7.54. The quantitative estimate of drug-likeness (QED) is 0.591. The van der Waals surface area contributed by atoms with Crippen molar-refractivity contribution in [2.45, 2.75) is 13.8 Å². The average molecular weight is 318 g/mol. The second-order valence-electron chi connectivity index (χ2n) is 4.78. The second-order valence-corrected chi connectivity index (χ2v) is 4.78. The first-order valence-corrected chi connectivity index (χ1v) is 7.08. The minimum atomic E-state index is -0.771. The van der Waals surface area contributed by atoms with E-state index >= 15 is 0 Å². The van der Waals surface area contributed by atoms with E-state index in [-0.39, 0.29) is 5.75 Å². The van der Waals surface area contributed by atoms with Crippen LogP contribution in [0.3, 0.4) is 0 Å². The van der Waals surface area contributed by atoms with Crippen LogP contribution in [0.5, 0.6) is 11.5 Å². The van der Waals surface area contributed by atoms with Gasteiger partial charge in [-0.05, 0) is 49.2 Å². The molecule has 0 saturated carbocycles. The Bertz CT molecular complexity index is 722. The van der Waals surface area contributed by atoms with Crippen LogP contribution >= 0.6 is 0 Å². The fraction of sp³-hybridized carbons (Fsp3) is 0.167. The smallest absolute Gasteiger partial charge is 0.331 e. The van der Waals surface area contributed by atoms with Crippen LogP contribution in [-0.4, -0.2) is 12.6 Å². The summed E-state index contributed by atoms with van der Waals surface area (Å²) in [6.07, 6.45) is 1.40. The van der Waals surface area contributed by atoms with Crippen LogP contribution in [0.4, 0.5) is 8.78 Å². The van der Waals surface area contributed by atoms with Gasteiger partial charge in [-0.3, -0.25) is 0 Å². The van der Waals surface area contributed by atoms with Crippen LogP contribution in [-0.2, 0) is 9.53 Å². The molecule has 0 radical (unpaired) electrons. The van der Waals surface area contributed by atoms with Gasteiger partial charge in [0.15, 0.2) is 11.6 Å². The summed E-state index contributed by atoms with van der Waals surface area (Å²) in [6.45, 7) is 3.84. The largest absolute Gasteiger partial charge is 0.463 e. The maximum atomic E-state index is 13.5. The summed E-state index contributed by atoms with van der Waals surface area (Å²) in [5, 5.41) is 0. The number of carbonyl (C=O) groups excluding carboxylic acids is 1. The molecule has 3 nitrogen and oxygen atoms in total. The third-order valence-corrected chi connectivity index (χ3v) is 3.05. The minimum absolute atomic E-state index is 0.0575. The molecule has 2 rings (SSSR count). The van der Waals surface area contributed by atoms with Gasteiger partial charge in [0.05, 0.1) is 6.61 Å². The molecule has 120 valence electrons. The van der Waals surface area contributed by atoms with E-state index < -0.39 is 17.6 Å². The maximum absolute atomic E-state index is 13.5. The zero-order chi connectivity index (χ0) is 16.8. The SMILES string of the molecule is CCOC(=O)C=C(C)c1ccc(Oc2ccc(F)cc2F)cc1. The van der Waals surface area contributed by atoms with Crippen molar-refractivity contribution < 1.29 is 23.0 Å². The number of ether oxygens (including phenoxy) is 2. The Kier molecular flexibility index (Phi) is 5.46. The van der Waals surface area contributed by atoms with Gasteiger partial charge < -0.3 is 9.47 Å². The third kappa shape index (κ3) is 4.64. The number of esters is 1. The van der Waals surface area contributed by atoms with Crippen molar-refractivity contribution in [1.82, 2.24) is 0 Å². The lowest BCUT2D eigenvalue weighted by Gasteiger charge is -2.08. The molecule has 0 aliphatic rings. The molecule has 23 heavy (non-hydrogen) atoms. The third-order valence-electron chi connectivity index (χ3n) is 3.05. The van der Waals surface area contributed by atoms with Crippen molar-refractivity contribution in [2.75, 3.05) is 6.61 Å². The summed E-state index contributed by atoms with van der Waals surface area (Å²) in [7, 11) is 0. The fourth-order valence-corrected chi connectivity index (χ4v) is 1.91. The summed E-state index contributed by atoms with van der Waals surface area (Å²) in [6, 6.07) is 9.87. The van der Waals surface area contributed by atoms with Crippen LogP contribution < -0.4 is 4.74 Å². The van der Waals surface area contributed by atoms with Crippen molar-refractivity contribution >= 4 is 11.5 Å². The first-order valence-electron chi connectivity index (χ1n) is 7.08. The summed E-state index contributed by atoms with van der Waals surface area (Å²) in [5.41, 5.74) is 1.55. The highest BCUT2D eigenvalue weighted by molar-refractivity contribution is 5.90. The number of halogens is 2. The number of carbonyl (C=O) groups is 1. The van der Waals surface area contributed by atoms with E-state index in [2.05, 4.69) is 0 Å². The molecule has 0 amide bonds. The molecule has 5 heteroatoms. The molecule has 0 aromatic heterocycles. The number of allylic oxidation sites excluding steroid dienone is 1. The molecule has 0 spiro atoms. The Balaban J connectivity index is 2.11. The Morgan fingerprint density at radius 1 is 1.13 bits per heavy atom. The molecule has 0 unspecified atom stereocenters. The average Bonchev–Trinajstić information content (AvgIpc) is 2.51. The van der Waals surface area contributed by atoms with Gasteiger partial charge in [0.1, 0.15) is 11.6 Å². The van der Waals surface area contributed by atoms with Gasteiger partial charge in [0.25, 0.3) is 0 Å². The number of hydrogen-bond donors (Lipinski definition) is 0. The van der Waals surface area contributed by atoms with E-state index in [0.717, 1.165) is 23.3 Å². The van der Waals surface area contributed by atoms with Crippen LogP contribution in [0.25, 0.3) is 5.57 Å². The Morgan fingerprint density at radius 2 is 1.83 bits per heavy atom. The van der Waals surface area contributed by atoms with Crippen molar-refractivity contribution in [3.8, 4) is 11.5 Å². The van der Waals surface area contributed by atoms with Crippen LogP contribution in [0, 0.1) is 11.6 Å². The zero-order valence-electron chi connectivity index (χ0n) is 12.8. The van der Waals surface area contributed by atoms with Crippen molar-refractivity contribution in [3.05, 3.63) is 65.7 Å². The molecule has 0 N–H and O–H groups in total. The van der Waals surface area contributed by atoms with E-state index in [1.165, 1.54) is 12.1 Å². The lowest BCUT2D eigenvalue weighted by atomic mass is 10.1. The molecule has 0 aliphatic carbocycles. The number of hydrogen-bond acceptors (Lipinski definition) is 3. The van der Waals surface area contributed by atoms with Gasteiger partial charge in [-0.25, -0.2) is 13.6 Å². The van der Waals surface area contributed by atoms with E-state index in [9.17, 15) is 13.6 Å². The van der Waals surface area contributed by atoms with Crippen LogP contribution in [0.1, 0.15) is 19.4 Å². The van der Waals surface area contributed by atoms with Crippen molar-refractivity contribution in [1.29, 1.82) is 0 Å². The highest BCUT2D eigenvalue weighted by atomic mass is 19.1. The molecule has 0 aliphatic heterocycles. The van der Waals surface area contributed by atoms with Gasteiger partial charge in [0.2, 0.25) is 0 Å². The molecular formula is C18H16F2O3. The molecule has 0 atom stereocenters. The molecule has 0 saturated heterocycles. The number of rotatable bonds is 5. The first-order chi connectivity index (χ1) is 11.0. The zero-order valence-corrected chi connectivity index (χ0v) is 12.8. The Morgan fingerprint density at radius 3 is 2.43 bits per heavy atom. The minimum Gasteiger partial charge on any atom is -0.463 e. The maximum Gasteiger partial charge on any atom is 0.331 e. The van der Waals surface area contributed by atoms with Gasteiger partial charge >= 0.3 is 5.97 Å². The van der Waals surface area contributed by atoms with E-state index in [4.69, 9.17) is 9.47 Å². The summed E-state index contributed by atoms with van der Waals surface area (Å²) >= 11 is 0. The molecule has 0 fully saturated rings. The fourth-order valence-electron chi connectivity index (χ4n) is 1.91. The van der Waals surface area contributed by atoms with Crippen molar-refractivity contribution in [2.24, 2.45) is 0 Å². The van der Waals surface area contributed by atoms with E-state index in [1.807, 2.05) is 0 Å². The predicted octanol–water partition coefficient (Wildman–Crippen LogP) is 4.72. The topological polar surface area (TPSA) is 35.5 Å². The number of benzene rings is 2. The standard InChI is InChI=1S/C18H16F2O3/c1-3-22-18(21)10-12(2)13-4-7-15(8-5-13)23-17-9-6-14(19)11-16(17)20/h4-11H,3H2,1-2H3. The predicted molar refractivity (Wildman–Crippen MR) is 83.2 cm³/mol. The summed E-state index contributed by atoms with van der Waals surface area (Å²) in [4.78, 5) is 11.4. The highest BCUT2D eigenvalue weighted by Gasteiger charge is 2.07. The van der Waals surface area contributed by atoms with E-state index in [0.29, 0.717) is 12.4 Å². The monoisotopic (exact) mass is 318 g/mol.